The standard InChI is InChI=1S/C27H32F2N4O6S.C2HF3O2/c1-16-11-22(38-14-19-20(28)7-6-8-21(19)29)24-31-17(2)23(33(24)13-16)25(34)30-12-18-15-40(36,37)10-9-32(18)26(35)39-27(3,4)5;3-2(4,5)1(6)7/h6-8,11,13,18H,9-10,12,14-15H2,1-5H3,(H,30,34);(H,6,7). The van der Waals surface area contributed by atoms with Crippen LogP contribution in [0.1, 0.15) is 48.1 Å². The van der Waals surface area contributed by atoms with Gasteiger partial charge in [0.05, 0.1) is 28.8 Å². The molecule has 2 aromatic heterocycles. The minimum absolute atomic E-state index is 0.0467. The molecule has 12 nitrogen and oxygen atoms in total. The number of alkyl halides is 3. The Kier molecular flexibility index (Phi) is 11.1. The minimum Gasteiger partial charge on any atom is -0.485 e. The number of fused-ring (bicyclic) bond motifs is 1. The van der Waals surface area contributed by atoms with Crippen molar-refractivity contribution in [2.45, 2.75) is 59.0 Å². The molecule has 1 atom stereocenters. The fraction of sp³-hybridized carbons (Fsp3) is 0.448. The van der Waals surface area contributed by atoms with Crippen LogP contribution in [0, 0.1) is 25.5 Å². The van der Waals surface area contributed by atoms with Crippen LogP contribution in [0.25, 0.3) is 5.65 Å². The number of halogens is 5. The van der Waals surface area contributed by atoms with Crippen molar-refractivity contribution in [1.29, 1.82) is 0 Å². The summed E-state index contributed by atoms with van der Waals surface area (Å²) in [6.45, 7) is 7.95. The van der Waals surface area contributed by atoms with Crippen molar-refractivity contribution in [3.63, 3.8) is 0 Å². The molecule has 3 heterocycles. The maximum absolute atomic E-state index is 14.1. The van der Waals surface area contributed by atoms with E-state index in [1.54, 1.807) is 46.9 Å². The van der Waals surface area contributed by atoms with Gasteiger partial charge in [-0.1, -0.05) is 6.07 Å². The fourth-order valence-electron chi connectivity index (χ4n) is 4.47. The maximum Gasteiger partial charge on any atom is 0.490 e. The van der Waals surface area contributed by atoms with Gasteiger partial charge in [0.15, 0.2) is 21.2 Å². The summed E-state index contributed by atoms with van der Waals surface area (Å²) in [6.07, 6.45) is -4.07. The Morgan fingerprint density at radius 2 is 1.70 bits per heavy atom. The summed E-state index contributed by atoms with van der Waals surface area (Å²) in [5.74, 6) is -5.08. The van der Waals surface area contributed by atoms with Crippen LogP contribution in [0.15, 0.2) is 30.5 Å². The van der Waals surface area contributed by atoms with Gasteiger partial charge in [-0.2, -0.15) is 13.2 Å². The number of pyridine rings is 1. The summed E-state index contributed by atoms with van der Waals surface area (Å²) in [6, 6.07) is 4.35. The number of benzene rings is 1. The molecular weight excluding hydrogens is 659 g/mol. The van der Waals surface area contributed by atoms with Crippen molar-refractivity contribution in [3.05, 3.63) is 64.6 Å². The topological polar surface area (TPSA) is 157 Å². The summed E-state index contributed by atoms with van der Waals surface area (Å²) in [5, 5.41) is 9.86. The molecule has 1 aromatic carbocycles. The monoisotopic (exact) mass is 692 g/mol. The average molecular weight is 693 g/mol. The second kappa shape index (κ2) is 14.1. The van der Waals surface area contributed by atoms with E-state index < -0.39 is 57.3 Å². The number of imidazole rings is 1. The predicted molar refractivity (Wildman–Crippen MR) is 157 cm³/mol. The van der Waals surface area contributed by atoms with Gasteiger partial charge in [-0.15, -0.1) is 0 Å². The van der Waals surface area contributed by atoms with Gasteiger partial charge in [-0.25, -0.2) is 31.8 Å². The van der Waals surface area contributed by atoms with Crippen LogP contribution in [0.3, 0.4) is 0 Å². The third-order valence-corrected chi connectivity index (χ3v) is 8.24. The van der Waals surface area contributed by atoms with Crippen LogP contribution < -0.4 is 10.1 Å². The number of rotatable bonds is 6. The number of carbonyl (C=O) groups excluding carboxylic acids is 2. The molecule has 1 unspecified atom stereocenters. The predicted octanol–water partition coefficient (Wildman–Crippen LogP) is 4.21. The van der Waals surface area contributed by atoms with Crippen LogP contribution in [0.4, 0.5) is 26.7 Å². The first-order valence-corrected chi connectivity index (χ1v) is 15.7. The van der Waals surface area contributed by atoms with Crippen molar-refractivity contribution in [2.75, 3.05) is 24.6 Å². The quantitative estimate of drug-likeness (QED) is 0.362. The number of carbonyl (C=O) groups is 3. The number of amides is 2. The number of aliphatic carboxylic acids is 1. The Balaban J connectivity index is 0.000000771. The largest absolute Gasteiger partial charge is 0.490 e. The Hall–Kier alpha value is -4.48. The van der Waals surface area contributed by atoms with Crippen LogP contribution >= 0.6 is 0 Å². The van der Waals surface area contributed by atoms with E-state index in [1.165, 1.54) is 15.4 Å². The first-order valence-electron chi connectivity index (χ1n) is 13.9. The molecule has 18 heteroatoms. The lowest BCUT2D eigenvalue weighted by Crippen LogP contribution is -2.56. The molecule has 0 aliphatic carbocycles. The average Bonchev–Trinajstić information content (AvgIpc) is 3.25. The van der Waals surface area contributed by atoms with E-state index in [9.17, 15) is 40.0 Å². The number of nitrogens with zero attached hydrogens (tertiary/aromatic N) is 3. The number of carboxylic acid groups (broad SMARTS) is 1. The summed E-state index contributed by atoms with van der Waals surface area (Å²) < 4.78 is 97.3. The SMILES string of the molecule is Cc1cc(OCc2c(F)cccc2F)c2nc(C)c(C(=O)NCC3CS(=O)(=O)CCN3C(=O)OC(C)(C)C)n2c1.O=C(O)C(F)(F)F. The molecule has 2 N–H and O–H groups in total. The van der Waals surface area contributed by atoms with Crippen molar-refractivity contribution in [3.8, 4) is 5.75 Å². The van der Waals surface area contributed by atoms with Crippen molar-refractivity contribution in [1.82, 2.24) is 19.6 Å². The molecule has 1 aliphatic heterocycles. The summed E-state index contributed by atoms with van der Waals surface area (Å²) in [7, 11) is -3.42. The zero-order valence-corrected chi connectivity index (χ0v) is 26.8. The molecule has 0 spiro atoms. The van der Waals surface area contributed by atoms with Gasteiger partial charge >= 0.3 is 18.2 Å². The van der Waals surface area contributed by atoms with Gasteiger partial charge in [-0.05, 0) is 58.4 Å². The van der Waals surface area contributed by atoms with Gasteiger partial charge in [0.2, 0.25) is 0 Å². The maximum atomic E-state index is 14.1. The lowest BCUT2D eigenvalue weighted by atomic mass is 10.2. The van der Waals surface area contributed by atoms with Gasteiger partial charge < -0.3 is 24.8 Å². The summed E-state index contributed by atoms with van der Waals surface area (Å²) >= 11 is 0. The van der Waals surface area contributed by atoms with Gasteiger partial charge in [0.25, 0.3) is 5.91 Å². The third-order valence-electron chi connectivity index (χ3n) is 6.55. The van der Waals surface area contributed by atoms with Crippen LogP contribution in [-0.2, 0) is 26.0 Å². The fourth-order valence-corrected chi connectivity index (χ4v) is 5.99. The van der Waals surface area contributed by atoms with E-state index in [4.69, 9.17) is 19.4 Å². The molecule has 47 heavy (non-hydrogen) atoms. The van der Waals surface area contributed by atoms with E-state index in [-0.39, 0.29) is 53.9 Å². The third kappa shape index (κ3) is 9.76. The first-order chi connectivity index (χ1) is 21.6. The highest BCUT2D eigenvalue weighted by Gasteiger charge is 2.38. The second-order valence-corrected chi connectivity index (χ2v) is 13.8. The van der Waals surface area contributed by atoms with Crippen LogP contribution in [0.5, 0.6) is 5.75 Å². The Bertz CT molecular complexity index is 1750. The Morgan fingerprint density at radius 1 is 1.11 bits per heavy atom. The molecule has 1 fully saturated rings. The van der Waals surface area contributed by atoms with Gasteiger partial charge in [0.1, 0.15) is 29.5 Å². The normalized spacial score (nSPS) is 16.2. The molecule has 4 rings (SSSR count). The molecule has 0 saturated carbocycles. The van der Waals surface area contributed by atoms with Gasteiger partial charge in [0, 0.05) is 19.3 Å². The van der Waals surface area contributed by atoms with E-state index >= 15 is 0 Å². The molecular formula is C29H33F5N4O8S. The molecule has 2 amide bonds. The zero-order chi connectivity index (χ0) is 35.5. The van der Waals surface area contributed by atoms with Crippen molar-refractivity contribution in [2.24, 2.45) is 0 Å². The summed E-state index contributed by atoms with van der Waals surface area (Å²) in [4.78, 5) is 40.7. The smallest absolute Gasteiger partial charge is 0.485 e. The molecule has 3 aromatic rings. The van der Waals surface area contributed by atoms with E-state index in [2.05, 4.69) is 10.3 Å². The molecule has 1 aliphatic rings. The van der Waals surface area contributed by atoms with E-state index in [0.29, 0.717) is 11.3 Å². The zero-order valence-electron chi connectivity index (χ0n) is 25.9. The molecule has 0 radical (unpaired) electrons. The Labute approximate surface area is 266 Å². The number of aryl methyl sites for hydroxylation is 2. The van der Waals surface area contributed by atoms with E-state index in [0.717, 1.165) is 12.1 Å². The number of carboxylic acids is 1. The highest BCUT2D eigenvalue weighted by molar-refractivity contribution is 7.91. The second-order valence-electron chi connectivity index (χ2n) is 11.6. The highest BCUT2D eigenvalue weighted by atomic mass is 32.2. The minimum atomic E-state index is -5.08. The Morgan fingerprint density at radius 3 is 2.26 bits per heavy atom. The number of sulfone groups is 1. The molecule has 258 valence electrons. The van der Waals surface area contributed by atoms with Crippen molar-refractivity contribution >= 4 is 33.5 Å². The number of hydrogen-bond acceptors (Lipinski definition) is 8. The van der Waals surface area contributed by atoms with E-state index in [1.807, 2.05) is 0 Å². The number of ether oxygens (including phenoxy) is 2. The number of nitrogens with one attached hydrogen (secondary N) is 1. The number of hydrogen-bond donors (Lipinski definition) is 2. The lowest BCUT2D eigenvalue weighted by molar-refractivity contribution is -0.192. The first kappa shape index (κ1) is 37.0. The molecule has 0 bridgehead atoms. The van der Waals surface area contributed by atoms with Crippen LogP contribution in [0.2, 0.25) is 0 Å². The van der Waals surface area contributed by atoms with Gasteiger partial charge in [-0.3, -0.25) is 9.20 Å². The number of aromatic nitrogens is 2. The highest BCUT2D eigenvalue weighted by Crippen LogP contribution is 2.26. The van der Waals surface area contributed by atoms with Crippen molar-refractivity contribution < 1.29 is 59.3 Å². The van der Waals surface area contributed by atoms with Crippen LogP contribution in [-0.4, -0.2) is 88.2 Å². The summed E-state index contributed by atoms with van der Waals surface area (Å²) in [5.41, 5.74) is 0.469. The molecule has 1 saturated heterocycles. The lowest BCUT2D eigenvalue weighted by Gasteiger charge is -2.36.